The largest absolute Gasteiger partial charge is 0.480 e. The number of H-pyrrole nitrogens is 1. The molecule has 1 aromatic heterocycles. The molecule has 1 fully saturated rings. The Morgan fingerprint density at radius 3 is 2.60 bits per heavy atom. The zero-order valence-corrected chi connectivity index (χ0v) is 19.0. The van der Waals surface area contributed by atoms with Gasteiger partial charge in [-0.15, -0.1) is 0 Å². The average Bonchev–Trinajstić information content (AvgIpc) is 3.35. The standard InChI is InChI=1S/C25H25N5O5/c1-15(31)29(22(25(34)35)11-19-14-27-21-5-3-2-4-20(19)21)30-23(32)12-18(24(30)33)10-16-6-8-17(9-7-16)13-28-26/h2-9,13-14,18,22,27H,10-12,26H2,1H3,(H,34,35)/t18?,22-/m0/s1. The number of fused-ring (bicyclic) bond motifs is 1. The fourth-order valence-electron chi connectivity index (χ4n) is 4.46. The molecular formula is C25H25N5O5. The lowest BCUT2D eigenvalue weighted by atomic mass is 9.97. The van der Waals surface area contributed by atoms with Crippen LogP contribution >= 0.6 is 0 Å². The van der Waals surface area contributed by atoms with Crippen molar-refractivity contribution in [1.82, 2.24) is 15.0 Å². The van der Waals surface area contributed by atoms with Crippen LogP contribution in [0.15, 0.2) is 59.8 Å². The van der Waals surface area contributed by atoms with Crippen LogP contribution in [0.4, 0.5) is 0 Å². The number of aromatic amines is 1. The Morgan fingerprint density at radius 1 is 1.23 bits per heavy atom. The van der Waals surface area contributed by atoms with Crippen molar-refractivity contribution >= 4 is 40.8 Å². The van der Waals surface area contributed by atoms with Crippen LogP contribution in [0.3, 0.4) is 0 Å². The topological polar surface area (TPSA) is 149 Å². The van der Waals surface area contributed by atoms with Crippen molar-refractivity contribution in [3.8, 4) is 0 Å². The Balaban J connectivity index is 1.59. The molecule has 1 aliphatic rings. The van der Waals surface area contributed by atoms with Crippen LogP contribution in [0.2, 0.25) is 0 Å². The van der Waals surface area contributed by atoms with E-state index in [0.29, 0.717) is 5.56 Å². The lowest BCUT2D eigenvalue weighted by Crippen LogP contribution is -2.57. The van der Waals surface area contributed by atoms with Crippen LogP contribution < -0.4 is 5.84 Å². The van der Waals surface area contributed by atoms with Crippen molar-refractivity contribution in [2.75, 3.05) is 0 Å². The molecule has 1 aliphatic heterocycles. The molecule has 2 heterocycles. The summed E-state index contributed by atoms with van der Waals surface area (Å²) in [6.45, 7) is 1.15. The van der Waals surface area contributed by atoms with Gasteiger partial charge in [-0.25, -0.2) is 9.80 Å². The Labute approximate surface area is 201 Å². The second-order valence-electron chi connectivity index (χ2n) is 8.45. The van der Waals surface area contributed by atoms with Crippen molar-refractivity contribution in [3.63, 3.8) is 0 Å². The maximum absolute atomic E-state index is 13.3. The van der Waals surface area contributed by atoms with Crippen LogP contribution in [-0.4, -0.2) is 56.1 Å². The summed E-state index contributed by atoms with van der Waals surface area (Å²) in [6, 6.07) is 13.1. The molecule has 2 aromatic carbocycles. The molecule has 2 atom stereocenters. The molecule has 4 N–H and O–H groups in total. The van der Waals surface area contributed by atoms with E-state index in [-0.39, 0.29) is 19.3 Å². The SMILES string of the molecule is CC(=O)N([C@@H](Cc1c[nH]c2ccccc12)C(=O)O)N1C(=O)CC(Cc2ccc(C=NN)cc2)C1=O. The highest BCUT2D eigenvalue weighted by molar-refractivity contribution is 6.05. The van der Waals surface area contributed by atoms with E-state index in [1.54, 1.807) is 30.5 Å². The summed E-state index contributed by atoms with van der Waals surface area (Å²) in [7, 11) is 0. The quantitative estimate of drug-likeness (QED) is 0.196. The first kappa shape index (κ1) is 23.7. The summed E-state index contributed by atoms with van der Waals surface area (Å²) in [5.74, 6) is 1.23. The van der Waals surface area contributed by atoms with Crippen molar-refractivity contribution in [3.05, 3.63) is 71.4 Å². The number of aromatic nitrogens is 1. The van der Waals surface area contributed by atoms with Gasteiger partial charge in [0.05, 0.1) is 12.1 Å². The van der Waals surface area contributed by atoms with E-state index in [9.17, 15) is 24.3 Å². The van der Waals surface area contributed by atoms with Gasteiger partial charge in [0.1, 0.15) is 0 Å². The van der Waals surface area contributed by atoms with Crippen molar-refractivity contribution in [2.24, 2.45) is 16.9 Å². The first-order chi connectivity index (χ1) is 16.8. The molecule has 0 spiro atoms. The zero-order valence-electron chi connectivity index (χ0n) is 19.0. The van der Waals surface area contributed by atoms with Gasteiger partial charge < -0.3 is 15.9 Å². The van der Waals surface area contributed by atoms with Crippen molar-refractivity contribution in [1.29, 1.82) is 0 Å². The second-order valence-corrected chi connectivity index (χ2v) is 8.45. The lowest BCUT2D eigenvalue weighted by molar-refractivity contribution is -0.177. The molecule has 10 nitrogen and oxygen atoms in total. The van der Waals surface area contributed by atoms with E-state index in [0.717, 1.165) is 39.0 Å². The molecule has 1 saturated heterocycles. The molecule has 3 aromatic rings. The number of carboxylic acid groups (broad SMARTS) is 1. The molecule has 10 heteroatoms. The number of hydrazine groups is 1. The minimum Gasteiger partial charge on any atom is -0.480 e. The van der Waals surface area contributed by atoms with E-state index in [1.807, 2.05) is 24.3 Å². The van der Waals surface area contributed by atoms with Crippen LogP contribution in [0.1, 0.15) is 30.0 Å². The third-order valence-corrected chi connectivity index (χ3v) is 6.11. The van der Waals surface area contributed by atoms with E-state index in [4.69, 9.17) is 5.84 Å². The molecule has 0 saturated carbocycles. The van der Waals surface area contributed by atoms with E-state index >= 15 is 0 Å². The molecule has 1 unspecified atom stereocenters. The van der Waals surface area contributed by atoms with Gasteiger partial charge in [0, 0.05) is 36.9 Å². The van der Waals surface area contributed by atoms with Gasteiger partial charge in [-0.1, -0.05) is 42.5 Å². The van der Waals surface area contributed by atoms with Gasteiger partial charge >= 0.3 is 5.97 Å². The predicted octanol–water partition coefficient (Wildman–Crippen LogP) is 1.84. The predicted molar refractivity (Wildman–Crippen MR) is 128 cm³/mol. The number of nitrogens with zero attached hydrogens (tertiary/aromatic N) is 3. The number of hydrazone groups is 1. The number of hydrogen-bond acceptors (Lipinski definition) is 6. The number of amides is 3. The van der Waals surface area contributed by atoms with Gasteiger partial charge in [0.15, 0.2) is 6.04 Å². The van der Waals surface area contributed by atoms with Crippen LogP contribution in [0.25, 0.3) is 10.9 Å². The molecule has 35 heavy (non-hydrogen) atoms. The average molecular weight is 476 g/mol. The maximum Gasteiger partial charge on any atom is 0.328 e. The number of carbonyl (C=O) groups is 4. The van der Waals surface area contributed by atoms with Gasteiger partial charge in [0.25, 0.3) is 5.91 Å². The van der Waals surface area contributed by atoms with Crippen molar-refractivity contribution in [2.45, 2.75) is 32.2 Å². The van der Waals surface area contributed by atoms with E-state index in [1.165, 1.54) is 6.21 Å². The van der Waals surface area contributed by atoms with Crippen LogP contribution in [-0.2, 0) is 32.0 Å². The Hall–Kier alpha value is -4.47. The molecule has 4 rings (SSSR count). The van der Waals surface area contributed by atoms with E-state index in [2.05, 4.69) is 10.1 Å². The number of aliphatic carboxylic acids is 1. The third-order valence-electron chi connectivity index (χ3n) is 6.11. The van der Waals surface area contributed by atoms with Crippen molar-refractivity contribution < 1.29 is 24.3 Å². The van der Waals surface area contributed by atoms with Gasteiger partial charge in [-0.2, -0.15) is 10.1 Å². The summed E-state index contributed by atoms with van der Waals surface area (Å²) < 4.78 is 0. The first-order valence-corrected chi connectivity index (χ1v) is 11.1. The number of carboxylic acids is 1. The zero-order chi connectivity index (χ0) is 25.1. The Kier molecular flexibility index (Phi) is 6.63. The highest BCUT2D eigenvalue weighted by Crippen LogP contribution is 2.28. The first-order valence-electron chi connectivity index (χ1n) is 11.1. The summed E-state index contributed by atoms with van der Waals surface area (Å²) in [6.07, 6.45) is 3.24. The smallest absolute Gasteiger partial charge is 0.328 e. The number of benzene rings is 2. The molecule has 0 bridgehead atoms. The molecular weight excluding hydrogens is 450 g/mol. The van der Waals surface area contributed by atoms with Crippen LogP contribution in [0.5, 0.6) is 0 Å². The number of rotatable bonds is 8. The second kappa shape index (κ2) is 9.80. The van der Waals surface area contributed by atoms with Gasteiger partial charge in [-0.3, -0.25) is 14.4 Å². The minimum absolute atomic E-state index is 0.0786. The van der Waals surface area contributed by atoms with E-state index < -0.39 is 35.7 Å². The molecule has 3 amide bonds. The normalized spacial score (nSPS) is 16.8. The summed E-state index contributed by atoms with van der Waals surface area (Å²) in [5, 5.41) is 15.8. The number of para-hydroxylation sites is 1. The Bertz CT molecular complexity index is 1310. The number of carbonyl (C=O) groups excluding carboxylic acids is 3. The molecule has 0 aliphatic carbocycles. The minimum atomic E-state index is -1.44. The Morgan fingerprint density at radius 2 is 1.94 bits per heavy atom. The summed E-state index contributed by atoms with van der Waals surface area (Å²) in [5.41, 5.74) is 3.08. The number of nitrogens with two attached hydrogens (primary N) is 1. The van der Waals surface area contributed by atoms with Gasteiger partial charge in [-0.05, 0) is 29.2 Å². The lowest BCUT2D eigenvalue weighted by Gasteiger charge is -2.34. The third kappa shape index (κ3) is 4.77. The summed E-state index contributed by atoms with van der Waals surface area (Å²) in [4.78, 5) is 54.1. The highest BCUT2D eigenvalue weighted by atomic mass is 16.4. The maximum atomic E-state index is 13.3. The number of hydrogen-bond donors (Lipinski definition) is 3. The van der Waals surface area contributed by atoms with Crippen LogP contribution in [0, 0.1) is 5.92 Å². The monoisotopic (exact) mass is 475 g/mol. The van der Waals surface area contributed by atoms with Gasteiger partial charge in [0.2, 0.25) is 11.8 Å². The summed E-state index contributed by atoms with van der Waals surface area (Å²) >= 11 is 0. The fourth-order valence-corrected chi connectivity index (χ4v) is 4.46. The fraction of sp³-hybridized carbons (Fsp3) is 0.240. The number of nitrogens with one attached hydrogen (secondary N) is 1. The molecule has 180 valence electrons. The number of imide groups is 1. The molecule has 0 radical (unpaired) electrons. The highest BCUT2D eigenvalue weighted by Gasteiger charge is 2.46.